The number of ether oxygens (including phenoxy) is 1. The Bertz CT molecular complexity index is 1970. The van der Waals surface area contributed by atoms with Crippen LogP contribution in [0.3, 0.4) is 0 Å². The molecule has 0 spiro atoms. The number of thioether (sulfide) groups is 1. The van der Waals surface area contributed by atoms with Gasteiger partial charge in [0.25, 0.3) is 5.91 Å². The maximum absolute atomic E-state index is 14.0. The maximum Gasteiger partial charge on any atom is 0.305 e. The van der Waals surface area contributed by atoms with Crippen LogP contribution in [0.15, 0.2) is 81.0 Å². The van der Waals surface area contributed by atoms with Crippen LogP contribution in [0.4, 0.5) is 15.8 Å². The van der Waals surface area contributed by atoms with Gasteiger partial charge < -0.3 is 20.1 Å². The summed E-state index contributed by atoms with van der Waals surface area (Å²) in [7, 11) is 0. The van der Waals surface area contributed by atoms with Crippen LogP contribution in [0.5, 0.6) is 11.5 Å². The molecule has 234 valence electrons. The van der Waals surface area contributed by atoms with Gasteiger partial charge in [0.1, 0.15) is 17.3 Å². The van der Waals surface area contributed by atoms with Gasteiger partial charge in [0.15, 0.2) is 6.61 Å². The summed E-state index contributed by atoms with van der Waals surface area (Å²) in [5.41, 5.74) is 1.67. The quantitative estimate of drug-likeness (QED) is 0.171. The molecule has 2 bridgehead atoms. The molecule has 46 heavy (non-hydrogen) atoms. The van der Waals surface area contributed by atoms with Crippen LogP contribution >= 0.6 is 39.0 Å². The lowest BCUT2D eigenvalue weighted by Gasteiger charge is -2.43. The fourth-order valence-corrected chi connectivity index (χ4v) is 11.2. The number of H-pyrrole nitrogens is 1. The van der Waals surface area contributed by atoms with Crippen molar-refractivity contribution in [2.45, 2.75) is 22.6 Å². The van der Waals surface area contributed by atoms with E-state index in [1.807, 2.05) is 12.1 Å². The maximum atomic E-state index is 14.0. The number of aromatic amines is 1. The minimum Gasteiger partial charge on any atom is -0.508 e. The highest BCUT2D eigenvalue weighted by molar-refractivity contribution is 9.10. The number of rotatable bonds is 6. The van der Waals surface area contributed by atoms with Crippen LogP contribution < -0.4 is 19.8 Å². The molecule has 2 aliphatic carbocycles. The van der Waals surface area contributed by atoms with E-state index in [4.69, 9.17) is 4.74 Å². The number of aromatic hydroxyl groups is 1. The zero-order valence-electron chi connectivity index (χ0n) is 23.8. The lowest BCUT2D eigenvalue weighted by atomic mass is 9.68. The Balaban J connectivity index is 1.14. The first kappa shape index (κ1) is 29.5. The number of nitrogens with one attached hydrogen (secondary N) is 2. The van der Waals surface area contributed by atoms with E-state index in [-0.39, 0.29) is 63.9 Å². The van der Waals surface area contributed by atoms with Crippen LogP contribution in [0.25, 0.3) is 0 Å². The monoisotopic (exact) mass is 721 g/mol. The van der Waals surface area contributed by atoms with Crippen LogP contribution in [-0.2, 0) is 14.4 Å². The van der Waals surface area contributed by atoms with Gasteiger partial charge in [-0.1, -0.05) is 27.3 Å². The van der Waals surface area contributed by atoms with Crippen molar-refractivity contribution in [3.63, 3.8) is 0 Å². The Morgan fingerprint density at radius 2 is 1.74 bits per heavy atom. The Hall–Kier alpha value is -3.94. The average Bonchev–Trinajstić information content (AvgIpc) is 3.77. The molecule has 3 heterocycles. The molecule has 9 nitrogen and oxygen atoms in total. The minimum atomic E-state index is -0.517. The largest absolute Gasteiger partial charge is 0.508 e. The normalized spacial score (nSPS) is 27.3. The molecule has 13 heteroatoms. The van der Waals surface area contributed by atoms with Gasteiger partial charge >= 0.3 is 4.87 Å². The summed E-state index contributed by atoms with van der Waals surface area (Å²) in [6.45, 7) is -0.280. The number of imide groups is 1. The van der Waals surface area contributed by atoms with Crippen LogP contribution in [0, 0.1) is 35.4 Å². The molecule has 2 aliphatic heterocycles. The number of fused-ring (bicyclic) bond motifs is 9. The second-order valence-electron chi connectivity index (χ2n) is 12.0. The molecule has 3 N–H and O–H groups in total. The number of anilines is 2. The van der Waals surface area contributed by atoms with Crippen LogP contribution in [-0.4, -0.2) is 39.7 Å². The molecule has 0 radical (unpaired) electrons. The molecule has 7 atom stereocenters. The smallest absolute Gasteiger partial charge is 0.305 e. The van der Waals surface area contributed by atoms with Crippen molar-refractivity contribution in [1.82, 2.24) is 4.98 Å². The highest BCUT2D eigenvalue weighted by Crippen LogP contribution is 2.69. The Morgan fingerprint density at radius 3 is 2.48 bits per heavy atom. The summed E-state index contributed by atoms with van der Waals surface area (Å²) >= 11 is 6.31. The standard InChI is InChI=1S/C33H25BrFN3O6S2/c34-14-1-10-22(44-13-23(40)36-16-4-8-18(39)9-5-16)19(11-14)24-25-20-12-21(28(25)45-30-29(24)46-33(43)37-30)27-26(20)31(41)38(32(27)42)17-6-2-15(35)3-7-17/h1-11,20-21,24-28,39H,12-13H2,(H,36,40)(H,37,43)/t20?,21?,24-,25?,26?,27?,28?/m1/s1. The topological polar surface area (TPSA) is 129 Å². The van der Waals surface area contributed by atoms with E-state index in [1.54, 1.807) is 30.0 Å². The molecule has 4 aliphatic rings. The minimum absolute atomic E-state index is 0.0384. The number of aromatic nitrogens is 1. The van der Waals surface area contributed by atoms with Crippen molar-refractivity contribution >= 4 is 68.1 Å². The summed E-state index contributed by atoms with van der Waals surface area (Å²) < 4.78 is 20.6. The number of thiazole rings is 1. The van der Waals surface area contributed by atoms with Gasteiger partial charge in [0.2, 0.25) is 11.8 Å². The van der Waals surface area contributed by atoms with Crippen LogP contribution in [0.1, 0.15) is 22.8 Å². The number of hydrogen-bond donors (Lipinski definition) is 3. The highest BCUT2D eigenvalue weighted by atomic mass is 79.9. The number of carbonyl (C=O) groups is 3. The van der Waals surface area contributed by atoms with Crippen LogP contribution in [0.2, 0.25) is 0 Å². The third-order valence-electron chi connectivity index (χ3n) is 9.63. The number of phenolic OH excluding ortho intramolecular Hbond substituents is 1. The third kappa shape index (κ3) is 4.70. The summed E-state index contributed by atoms with van der Waals surface area (Å²) in [6, 6.07) is 17.1. The molecule has 3 aromatic carbocycles. The van der Waals surface area contributed by atoms with Crippen molar-refractivity contribution in [2.24, 2.45) is 29.6 Å². The van der Waals surface area contributed by atoms with E-state index in [9.17, 15) is 28.7 Å². The number of benzene rings is 3. The van der Waals surface area contributed by atoms with E-state index in [0.717, 1.165) is 31.3 Å². The van der Waals surface area contributed by atoms with E-state index in [2.05, 4.69) is 26.2 Å². The van der Waals surface area contributed by atoms with Crippen molar-refractivity contribution in [3.05, 3.63) is 97.1 Å². The molecule has 3 amide bonds. The number of hydrogen-bond acceptors (Lipinski definition) is 8. The molecule has 1 aromatic heterocycles. The van der Waals surface area contributed by atoms with Crippen molar-refractivity contribution < 1.29 is 28.6 Å². The van der Waals surface area contributed by atoms with Crippen molar-refractivity contribution in [2.75, 3.05) is 16.8 Å². The summed E-state index contributed by atoms with van der Waals surface area (Å²) in [5.74, 6) is -2.40. The van der Waals surface area contributed by atoms with E-state index >= 15 is 0 Å². The first-order valence-corrected chi connectivity index (χ1v) is 17.2. The molecule has 4 aromatic rings. The second kappa shape index (κ2) is 11.1. The first-order valence-electron chi connectivity index (χ1n) is 14.7. The van der Waals surface area contributed by atoms with E-state index in [1.165, 1.54) is 41.3 Å². The SMILES string of the molecule is O=C(COc1ccc(Br)cc1[C@H]1c2sc(=O)[nH]c2SC2C3CC(C4C(=O)N(c5ccc(F)cc5)C(=O)C34)C21)Nc1ccc(O)cc1. The molecule has 2 saturated carbocycles. The average molecular weight is 723 g/mol. The molecule has 1 saturated heterocycles. The van der Waals surface area contributed by atoms with Gasteiger partial charge in [0, 0.05) is 31.8 Å². The predicted octanol–water partition coefficient (Wildman–Crippen LogP) is 5.74. The number of halogens is 2. The Labute approximate surface area is 278 Å². The van der Waals surface area contributed by atoms with Gasteiger partial charge in [-0.05, 0) is 90.9 Å². The Morgan fingerprint density at radius 1 is 1.02 bits per heavy atom. The van der Waals surface area contributed by atoms with Crippen molar-refractivity contribution in [1.29, 1.82) is 0 Å². The number of phenols is 1. The van der Waals surface area contributed by atoms with Gasteiger partial charge in [0.05, 0.1) is 22.5 Å². The van der Waals surface area contributed by atoms with Gasteiger partial charge in [-0.2, -0.15) is 0 Å². The second-order valence-corrected chi connectivity index (χ2v) is 15.1. The zero-order chi connectivity index (χ0) is 31.9. The lowest BCUT2D eigenvalue weighted by Crippen LogP contribution is -2.42. The number of amides is 3. The molecule has 8 rings (SSSR count). The first-order chi connectivity index (χ1) is 22.2. The number of carbonyl (C=O) groups excluding carboxylic acids is 3. The lowest BCUT2D eigenvalue weighted by molar-refractivity contribution is -0.123. The zero-order valence-corrected chi connectivity index (χ0v) is 27.0. The Kier molecular flexibility index (Phi) is 7.11. The molecule has 3 fully saturated rings. The fraction of sp³-hybridized carbons (Fsp3) is 0.273. The molecule has 6 unspecified atom stereocenters. The fourth-order valence-electron chi connectivity index (χ4n) is 7.99. The third-order valence-corrected chi connectivity index (χ3v) is 12.7. The summed E-state index contributed by atoms with van der Waals surface area (Å²) in [4.78, 5) is 58.2. The molecular weight excluding hydrogens is 697 g/mol. The highest BCUT2D eigenvalue weighted by Gasteiger charge is 2.69. The predicted molar refractivity (Wildman–Crippen MR) is 174 cm³/mol. The summed E-state index contributed by atoms with van der Waals surface area (Å²) in [6.07, 6.45) is 0.710. The van der Waals surface area contributed by atoms with Gasteiger partial charge in [-0.25, -0.2) is 4.39 Å². The van der Waals surface area contributed by atoms with E-state index in [0.29, 0.717) is 23.5 Å². The molecular formula is C33H25BrFN3O6S2. The van der Waals surface area contributed by atoms with E-state index < -0.39 is 17.7 Å². The number of nitrogens with zero attached hydrogens (tertiary/aromatic N) is 1. The van der Waals surface area contributed by atoms with Gasteiger partial charge in [-0.15, -0.1) is 11.8 Å². The van der Waals surface area contributed by atoms with Gasteiger partial charge in [-0.3, -0.25) is 24.1 Å². The summed E-state index contributed by atoms with van der Waals surface area (Å²) in [5, 5.41) is 13.0. The van der Waals surface area contributed by atoms with Crippen molar-refractivity contribution in [3.8, 4) is 11.5 Å².